The van der Waals surface area contributed by atoms with Crippen LogP contribution in [0.1, 0.15) is 110 Å². The van der Waals surface area contributed by atoms with Crippen molar-refractivity contribution in [3.63, 3.8) is 0 Å². The Morgan fingerprint density at radius 1 is 0.591 bits per heavy atom. The van der Waals surface area contributed by atoms with Gasteiger partial charge in [0.2, 0.25) is 0 Å². The summed E-state index contributed by atoms with van der Waals surface area (Å²) in [5, 5.41) is 0. The molecule has 0 radical (unpaired) electrons. The first-order valence-electron chi connectivity index (χ1n) is 10.1. The second-order valence-corrected chi connectivity index (χ2v) is 6.67. The third-order valence-electron chi connectivity index (χ3n) is 4.38. The van der Waals surface area contributed by atoms with Crippen molar-refractivity contribution in [3.8, 4) is 0 Å². The van der Waals surface area contributed by atoms with E-state index in [2.05, 4.69) is 13.5 Å². The van der Waals surface area contributed by atoms with Gasteiger partial charge >= 0.3 is 0 Å². The fourth-order valence-corrected chi connectivity index (χ4v) is 2.92. The minimum absolute atomic E-state index is 0.707. The maximum absolute atomic E-state index is 5.38. The van der Waals surface area contributed by atoms with E-state index < -0.39 is 0 Å². The predicted molar refractivity (Wildman–Crippen MR) is 101 cm³/mol. The summed E-state index contributed by atoms with van der Waals surface area (Å²) in [5.74, 6) is 0. The van der Waals surface area contributed by atoms with Crippen molar-refractivity contribution in [2.75, 3.05) is 13.2 Å². The molecule has 1 heteroatoms. The lowest BCUT2D eigenvalue weighted by Crippen LogP contribution is -1.93. The van der Waals surface area contributed by atoms with Gasteiger partial charge in [-0.05, 0) is 6.42 Å². The molecule has 0 aliphatic rings. The van der Waals surface area contributed by atoms with Crippen LogP contribution in [0.2, 0.25) is 0 Å². The molecule has 132 valence electrons. The Morgan fingerprint density at radius 3 is 1.32 bits per heavy atom. The first-order chi connectivity index (χ1) is 10.9. The molecule has 0 aromatic rings. The third-order valence-corrected chi connectivity index (χ3v) is 4.38. The van der Waals surface area contributed by atoms with Gasteiger partial charge in [0, 0.05) is 6.61 Å². The number of hydrogen-bond acceptors (Lipinski definition) is 1. The summed E-state index contributed by atoms with van der Waals surface area (Å²) in [6.07, 6.45) is 24.6. The van der Waals surface area contributed by atoms with Gasteiger partial charge < -0.3 is 4.74 Å². The van der Waals surface area contributed by atoms with E-state index in [1.165, 1.54) is 103 Å². The van der Waals surface area contributed by atoms with Crippen LogP contribution in [-0.4, -0.2) is 13.2 Å². The fraction of sp³-hybridized carbons (Fsp3) is 0.905. The smallest absolute Gasteiger partial charge is 0.0644 e. The van der Waals surface area contributed by atoms with Crippen LogP contribution in [0.15, 0.2) is 12.7 Å². The highest BCUT2D eigenvalue weighted by atomic mass is 16.5. The van der Waals surface area contributed by atoms with E-state index in [0.29, 0.717) is 6.61 Å². The molecule has 0 saturated heterocycles. The highest BCUT2D eigenvalue weighted by molar-refractivity contribution is 4.63. The van der Waals surface area contributed by atoms with Crippen molar-refractivity contribution < 1.29 is 4.74 Å². The van der Waals surface area contributed by atoms with E-state index in [-0.39, 0.29) is 0 Å². The fourth-order valence-electron chi connectivity index (χ4n) is 2.92. The molecule has 0 saturated carbocycles. The Balaban J connectivity index is 2.92. The summed E-state index contributed by atoms with van der Waals surface area (Å²) in [6, 6.07) is 0. The number of hydrogen-bond donors (Lipinski definition) is 0. The first-order valence-corrected chi connectivity index (χ1v) is 10.1. The lowest BCUT2D eigenvalue weighted by molar-refractivity contribution is 0.157. The van der Waals surface area contributed by atoms with Crippen LogP contribution >= 0.6 is 0 Å². The van der Waals surface area contributed by atoms with Gasteiger partial charge in [-0.1, -0.05) is 109 Å². The maximum Gasteiger partial charge on any atom is 0.0644 e. The lowest BCUT2D eigenvalue weighted by atomic mass is 10.0. The molecule has 0 aromatic heterocycles. The summed E-state index contributed by atoms with van der Waals surface area (Å²) in [6.45, 7) is 7.55. The Labute approximate surface area is 140 Å². The topological polar surface area (TPSA) is 9.23 Å². The van der Waals surface area contributed by atoms with E-state index in [0.717, 1.165) is 6.61 Å². The largest absolute Gasteiger partial charge is 0.377 e. The lowest BCUT2D eigenvalue weighted by Gasteiger charge is -2.04. The van der Waals surface area contributed by atoms with Crippen LogP contribution in [0, 0.1) is 0 Å². The summed E-state index contributed by atoms with van der Waals surface area (Å²) in [5.41, 5.74) is 0. The van der Waals surface area contributed by atoms with Crippen molar-refractivity contribution in [2.45, 2.75) is 110 Å². The average molecular weight is 311 g/mol. The van der Waals surface area contributed by atoms with Gasteiger partial charge in [-0.2, -0.15) is 0 Å². The van der Waals surface area contributed by atoms with Gasteiger partial charge in [-0.25, -0.2) is 0 Å². The molecule has 0 rings (SSSR count). The van der Waals surface area contributed by atoms with E-state index in [4.69, 9.17) is 4.74 Å². The molecule has 0 aliphatic heterocycles. The Kier molecular flexibility index (Phi) is 20.4. The standard InChI is InChI=1S/C21H42O/c1-3-5-6-7-8-9-10-11-12-13-14-15-16-17-18-19-21-22-20-4-2/h4H,2-3,5-21H2,1H3. The molecule has 0 N–H and O–H groups in total. The molecule has 22 heavy (non-hydrogen) atoms. The second-order valence-electron chi connectivity index (χ2n) is 6.67. The molecule has 0 spiro atoms. The number of unbranched alkanes of at least 4 members (excludes halogenated alkanes) is 15. The number of ether oxygens (including phenoxy) is 1. The van der Waals surface area contributed by atoms with Crippen LogP contribution in [0.25, 0.3) is 0 Å². The van der Waals surface area contributed by atoms with E-state index in [1.54, 1.807) is 0 Å². The van der Waals surface area contributed by atoms with Crippen LogP contribution in [0.4, 0.5) is 0 Å². The maximum atomic E-state index is 5.38. The molecule has 0 fully saturated rings. The molecule has 1 nitrogen and oxygen atoms in total. The molecule has 0 aromatic carbocycles. The van der Waals surface area contributed by atoms with Gasteiger partial charge in [-0.3, -0.25) is 0 Å². The van der Waals surface area contributed by atoms with Gasteiger partial charge in [0.05, 0.1) is 6.61 Å². The highest BCUT2D eigenvalue weighted by Gasteiger charge is 1.94. The zero-order chi connectivity index (χ0) is 16.1. The second kappa shape index (κ2) is 20.7. The Hall–Kier alpha value is -0.300. The highest BCUT2D eigenvalue weighted by Crippen LogP contribution is 2.13. The van der Waals surface area contributed by atoms with Gasteiger partial charge in [0.15, 0.2) is 0 Å². The van der Waals surface area contributed by atoms with Crippen molar-refractivity contribution in [3.05, 3.63) is 12.7 Å². The quantitative estimate of drug-likeness (QED) is 0.178. The summed E-state index contributed by atoms with van der Waals surface area (Å²) >= 11 is 0. The first kappa shape index (κ1) is 21.7. The van der Waals surface area contributed by atoms with E-state index in [1.807, 2.05) is 6.08 Å². The average Bonchev–Trinajstić information content (AvgIpc) is 2.54. The zero-order valence-corrected chi connectivity index (χ0v) is 15.4. The van der Waals surface area contributed by atoms with Crippen molar-refractivity contribution >= 4 is 0 Å². The zero-order valence-electron chi connectivity index (χ0n) is 15.4. The molecule has 0 unspecified atom stereocenters. The number of rotatable bonds is 19. The molecular formula is C21H42O. The molecule has 0 amide bonds. The predicted octanol–water partition coefficient (Wildman–Crippen LogP) is 7.45. The van der Waals surface area contributed by atoms with E-state index >= 15 is 0 Å². The summed E-state index contributed by atoms with van der Waals surface area (Å²) in [7, 11) is 0. The molecule has 0 bridgehead atoms. The van der Waals surface area contributed by atoms with Crippen LogP contribution in [-0.2, 0) is 4.74 Å². The SMILES string of the molecule is C=CCOCCCCCCCCCCCCCCCCCC. The van der Waals surface area contributed by atoms with Crippen molar-refractivity contribution in [1.29, 1.82) is 0 Å². The monoisotopic (exact) mass is 310 g/mol. The minimum atomic E-state index is 0.707. The van der Waals surface area contributed by atoms with Crippen molar-refractivity contribution in [2.24, 2.45) is 0 Å². The van der Waals surface area contributed by atoms with Crippen LogP contribution in [0.3, 0.4) is 0 Å². The normalized spacial score (nSPS) is 11.0. The third kappa shape index (κ3) is 19.7. The van der Waals surface area contributed by atoms with Crippen LogP contribution in [0.5, 0.6) is 0 Å². The molecule has 0 heterocycles. The van der Waals surface area contributed by atoms with Gasteiger partial charge in [0.25, 0.3) is 0 Å². The summed E-state index contributed by atoms with van der Waals surface area (Å²) < 4.78 is 5.38. The summed E-state index contributed by atoms with van der Waals surface area (Å²) in [4.78, 5) is 0. The molecular weight excluding hydrogens is 268 g/mol. The van der Waals surface area contributed by atoms with E-state index in [9.17, 15) is 0 Å². The van der Waals surface area contributed by atoms with Crippen molar-refractivity contribution in [1.82, 2.24) is 0 Å². The Morgan fingerprint density at radius 2 is 0.955 bits per heavy atom. The molecule has 0 aliphatic carbocycles. The Bertz CT molecular complexity index is 200. The minimum Gasteiger partial charge on any atom is -0.377 e. The van der Waals surface area contributed by atoms with Gasteiger partial charge in [-0.15, -0.1) is 6.58 Å². The molecule has 0 atom stereocenters. The van der Waals surface area contributed by atoms with Crippen LogP contribution < -0.4 is 0 Å². The van der Waals surface area contributed by atoms with Gasteiger partial charge in [0.1, 0.15) is 0 Å².